The van der Waals surface area contributed by atoms with Gasteiger partial charge in [0.2, 0.25) is 5.91 Å². The highest BCUT2D eigenvalue weighted by Crippen LogP contribution is 2.21. The number of amides is 1. The molecule has 0 saturated heterocycles. The number of aliphatic hydroxyl groups excluding tert-OH is 1. The highest BCUT2D eigenvalue weighted by atomic mass is 35.5. The van der Waals surface area contributed by atoms with Crippen LogP contribution in [-0.4, -0.2) is 40.5 Å². The largest absolute Gasteiger partial charge is 0.479 e. The van der Waals surface area contributed by atoms with Crippen molar-refractivity contribution in [3.8, 4) is 0 Å². The minimum absolute atomic E-state index is 0.0145. The van der Waals surface area contributed by atoms with E-state index < -0.39 is 12.1 Å². The average molecular weight is 332 g/mol. The second kappa shape index (κ2) is 9.65. The number of hydrogen-bond donors (Lipinski definition) is 3. The summed E-state index contributed by atoms with van der Waals surface area (Å²) in [5.74, 6) is -0.597. The van der Waals surface area contributed by atoms with E-state index in [2.05, 4.69) is 5.32 Å². The quantitative estimate of drug-likeness (QED) is 0.477. The van der Waals surface area contributed by atoms with Crippen molar-refractivity contribution in [2.75, 3.05) is 12.3 Å². The number of carbonyl (C=O) groups excluding carboxylic acids is 1. The Bertz CT molecular complexity index is 467. The maximum Gasteiger partial charge on any atom is 0.332 e. The number of aliphatic hydroxyl groups is 1. The molecule has 0 fully saturated rings. The van der Waals surface area contributed by atoms with Gasteiger partial charge in [-0.15, -0.1) is 11.8 Å². The molecule has 0 bridgehead atoms. The Morgan fingerprint density at radius 3 is 2.57 bits per heavy atom. The predicted octanol–water partition coefficient (Wildman–Crippen LogP) is 2.16. The van der Waals surface area contributed by atoms with Gasteiger partial charge in [-0.05, 0) is 36.4 Å². The Labute approximate surface area is 132 Å². The third-order valence-corrected chi connectivity index (χ3v) is 4.01. The lowest BCUT2D eigenvalue weighted by Gasteiger charge is -2.07. The first-order valence-electron chi connectivity index (χ1n) is 6.55. The molecule has 1 aromatic carbocycles. The zero-order valence-electron chi connectivity index (χ0n) is 11.4. The van der Waals surface area contributed by atoms with Crippen LogP contribution in [-0.2, 0) is 9.59 Å². The lowest BCUT2D eigenvalue weighted by Crippen LogP contribution is -2.29. The SMILES string of the molecule is O=C(CCCSc1ccc(Cl)cc1)NCCC(O)C(=O)O. The Balaban J connectivity index is 2.08. The summed E-state index contributed by atoms with van der Waals surface area (Å²) in [5.41, 5.74) is 0. The summed E-state index contributed by atoms with van der Waals surface area (Å²) < 4.78 is 0. The molecular formula is C14H18ClNO4S. The third kappa shape index (κ3) is 7.94. The second-order valence-electron chi connectivity index (χ2n) is 4.40. The summed E-state index contributed by atoms with van der Waals surface area (Å²) in [4.78, 5) is 23.0. The molecular weight excluding hydrogens is 314 g/mol. The number of nitrogens with one attached hydrogen (secondary N) is 1. The maximum atomic E-state index is 11.5. The van der Waals surface area contributed by atoms with Crippen molar-refractivity contribution < 1.29 is 19.8 Å². The summed E-state index contributed by atoms with van der Waals surface area (Å²) in [6, 6.07) is 7.51. The number of carboxylic acid groups (broad SMARTS) is 1. The molecule has 1 aromatic rings. The van der Waals surface area contributed by atoms with Crippen molar-refractivity contribution in [3.05, 3.63) is 29.3 Å². The number of hydrogen-bond acceptors (Lipinski definition) is 4. The fraction of sp³-hybridized carbons (Fsp3) is 0.429. The van der Waals surface area contributed by atoms with Crippen LogP contribution < -0.4 is 5.32 Å². The molecule has 0 aliphatic heterocycles. The Hall–Kier alpha value is -1.24. The van der Waals surface area contributed by atoms with Gasteiger partial charge in [0.1, 0.15) is 0 Å². The summed E-state index contributed by atoms with van der Waals surface area (Å²) in [6.45, 7) is 0.163. The topological polar surface area (TPSA) is 86.6 Å². The van der Waals surface area contributed by atoms with Crippen LogP contribution in [0.1, 0.15) is 19.3 Å². The number of rotatable bonds is 9. The molecule has 1 amide bonds. The molecule has 0 heterocycles. The average Bonchev–Trinajstić information content (AvgIpc) is 2.45. The predicted molar refractivity (Wildman–Crippen MR) is 82.7 cm³/mol. The van der Waals surface area contributed by atoms with E-state index >= 15 is 0 Å². The summed E-state index contributed by atoms with van der Waals surface area (Å²) in [6.07, 6.45) is -0.309. The van der Waals surface area contributed by atoms with Gasteiger partial charge in [-0.1, -0.05) is 11.6 Å². The van der Waals surface area contributed by atoms with E-state index in [-0.39, 0.29) is 18.9 Å². The molecule has 1 rings (SSSR count). The van der Waals surface area contributed by atoms with Gasteiger partial charge in [-0.25, -0.2) is 4.79 Å². The normalized spacial score (nSPS) is 11.9. The van der Waals surface area contributed by atoms with Crippen molar-refractivity contribution in [1.29, 1.82) is 0 Å². The molecule has 21 heavy (non-hydrogen) atoms. The van der Waals surface area contributed by atoms with Gasteiger partial charge in [0.25, 0.3) is 0 Å². The van der Waals surface area contributed by atoms with Gasteiger partial charge < -0.3 is 15.5 Å². The number of carboxylic acids is 1. The van der Waals surface area contributed by atoms with E-state index in [9.17, 15) is 9.59 Å². The molecule has 3 N–H and O–H groups in total. The van der Waals surface area contributed by atoms with Gasteiger partial charge in [-0.3, -0.25) is 4.79 Å². The van der Waals surface area contributed by atoms with Crippen LogP contribution in [0.5, 0.6) is 0 Å². The van der Waals surface area contributed by atoms with Crippen molar-refractivity contribution in [3.63, 3.8) is 0 Å². The first kappa shape index (κ1) is 17.8. The zero-order chi connectivity index (χ0) is 15.7. The molecule has 7 heteroatoms. The fourth-order valence-electron chi connectivity index (χ4n) is 1.51. The van der Waals surface area contributed by atoms with Crippen molar-refractivity contribution in [2.45, 2.75) is 30.3 Å². The molecule has 0 saturated carbocycles. The van der Waals surface area contributed by atoms with E-state index in [1.807, 2.05) is 24.3 Å². The number of aliphatic carboxylic acids is 1. The van der Waals surface area contributed by atoms with E-state index in [1.165, 1.54) is 0 Å². The molecule has 116 valence electrons. The third-order valence-electron chi connectivity index (χ3n) is 2.66. The van der Waals surface area contributed by atoms with E-state index in [1.54, 1.807) is 11.8 Å². The van der Waals surface area contributed by atoms with Crippen LogP contribution >= 0.6 is 23.4 Å². The molecule has 0 aromatic heterocycles. The first-order valence-corrected chi connectivity index (χ1v) is 7.91. The van der Waals surface area contributed by atoms with Crippen LogP contribution in [0.15, 0.2) is 29.2 Å². The number of thioether (sulfide) groups is 1. The minimum Gasteiger partial charge on any atom is -0.479 e. The summed E-state index contributed by atoms with van der Waals surface area (Å²) in [5, 5.41) is 20.8. The van der Waals surface area contributed by atoms with Gasteiger partial charge in [0.05, 0.1) is 0 Å². The van der Waals surface area contributed by atoms with Crippen LogP contribution in [0, 0.1) is 0 Å². The van der Waals surface area contributed by atoms with E-state index in [0.717, 1.165) is 17.1 Å². The van der Waals surface area contributed by atoms with E-state index in [0.29, 0.717) is 11.4 Å². The van der Waals surface area contributed by atoms with Crippen molar-refractivity contribution >= 4 is 35.2 Å². The zero-order valence-corrected chi connectivity index (χ0v) is 13.0. The smallest absolute Gasteiger partial charge is 0.332 e. The Morgan fingerprint density at radius 1 is 1.29 bits per heavy atom. The van der Waals surface area contributed by atoms with Gasteiger partial charge in [0, 0.05) is 29.3 Å². The fourth-order valence-corrected chi connectivity index (χ4v) is 2.49. The molecule has 1 unspecified atom stereocenters. The second-order valence-corrected chi connectivity index (χ2v) is 6.00. The molecule has 0 spiro atoms. The number of benzene rings is 1. The Kier molecular flexibility index (Phi) is 8.19. The van der Waals surface area contributed by atoms with Gasteiger partial charge in [-0.2, -0.15) is 0 Å². The molecule has 0 aliphatic rings. The van der Waals surface area contributed by atoms with Gasteiger partial charge in [0.15, 0.2) is 6.10 Å². The highest BCUT2D eigenvalue weighted by molar-refractivity contribution is 7.99. The lowest BCUT2D eigenvalue weighted by molar-refractivity contribution is -0.147. The monoisotopic (exact) mass is 331 g/mol. The highest BCUT2D eigenvalue weighted by Gasteiger charge is 2.12. The van der Waals surface area contributed by atoms with Gasteiger partial charge >= 0.3 is 5.97 Å². The Morgan fingerprint density at radius 2 is 1.95 bits per heavy atom. The minimum atomic E-state index is -1.43. The van der Waals surface area contributed by atoms with E-state index in [4.69, 9.17) is 21.8 Å². The van der Waals surface area contributed by atoms with Crippen molar-refractivity contribution in [2.24, 2.45) is 0 Å². The van der Waals surface area contributed by atoms with Crippen LogP contribution in [0.3, 0.4) is 0 Å². The molecule has 0 radical (unpaired) electrons. The van der Waals surface area contributed by atoms with Crippen molar-refractivity contribution in [1.82, 2.24) is 5.32 Å². The lowest BCUT2D eigenvalue weighted by atomic mass is 10.2. The summed E-state index contributed by atoms with van der Waals surface area (Å²) >= 11 is 7.44. The molecule has 1 atom stereocenters. The molecule has 5 nitrogen and oxygen atoms in total. The van der Waals surface area contributed by atoms with Crippen LogP contribution in [0.2, 0.25) is 5.02 Å². The number of halogens is 1. The first-order chi connectivity index (χ1) is 9.99. The number of carbonyl (C=O) groups is 2. The standard InChI is InChI=1S/C14H18ClNO4S/c15-10-3-5-11(6-4-10)21-9-1-2-13(18)16-8-7-12(17)14(19)20/h3-6,12,17H,1-2,7-9H2,(H,16,18)(H,19,20). The maximum absolute atomic E-state index is 11.5. The molecule has 0 aliphatic carbocycles. The van der Waals surface area contributed by atoms with Crippen LogP contribution in [0.4, 0.5) is 0 Å². The summed E-state index contributed by atoms with van der Waals surface area (Å²) in [7, 11) is 0. The van der Waals surface area contributed by atoms with Crippen LogP contribution in [0.25, 0.3) is 0 Å².